The molecule has 1 atom stereocenters. The van der Waals surface area contributed by atoms with E-state index in [-0.39, 0.29) is 12.5 Å². The van der Waals surface area contributed by atoms with Gasteiger partial charge in [-0.15, -0.1) is 0 Å². The molecule has 0 bridgehead atoms. The molecule has 3 N–H and O–H groups in total. The van der Waals surface area contributed by atoms with Crippen LogP contribution in [-0.4, -0.2) is 18.2 Å². The third kappa shape index (κ3) is 3.70. The highest BCUT2D eigenvalue weighted by atomic mass is 16.5. The van der Waals surface area contributed by atoms with Crippen molar-refractivity contribution in [3.8, 4) is 5.75 Å². The first-order valence-electron chi connectivity index (χ1n) is 6.53. The Hall–Kier alpha value is -1.55. The van der Waals surface area contributed by atoms with Gasteiger partial charge >= 0.3 is 5.97 Å². The quantitative estimate of drug-likeness (QED) is 0.829. The molecule has 1 aromatic rings. The van der Waals surface area contributed by atoms with Gasteiger partial charge in [0.15, 0.2) is 0 Å². The lowest BCUT2D eigenvalue weighted by atomic mass is 9.89. The summed E-state index contributed by atoms with van der Waals surface area (Å²) in [5.41, 5.74) is 9.27. The zero-order valence-corrected chi connectivity index (χ0v) is 12.1. The molecular formula is C15H23NO3. The molecule has 4 heteroatoms. The van der Waals surface area contributed by atoms with Crippen LogP contribution in [0.2, 0.25) is 0 Å². The monoisotopic (exact) mass is 265 g/mol. The lowest BCUT2D eigenvalue weighted by Gasteiger charge is -2.22. The minimum absolute atomic E-state index is 0.0653. The summed E-state index contributed by atoms with van der Waals surface area (Å²) in [5, 5.41) is 8.78. The van der Waals surface area contributed by atoms with Crippen molar-refractivity contribution in [1.29, 1.82) is 0 Å². The van der Waals surface area contributed by atoms with Gasteiger partial charge in [-0.25, -0.2) is 0 Å². The molecule has 0 aliphatic carbocycles. The number of methoxy groups -OCH3 is 1. The number of aryl methyl sites for hydroxylation is 1. The molecule has 1 rings (SSSR count). The fraction of sp³-hybridized carbons (Fsp3) is 0.533. The SMILES string of the molecule is COc1c(C)ccc(C(C)C)c1C(N)CCC(=O)O. The van der Waals surface area contributed by atoms with Crippen molar-refractivity contribution < 1.29 is 14.6 Å². The Morgan fingerprint density at radius 1 is 1.42 bits per heavy atom. The molecular weight excluding hydrogens is 242 g/mol. The van der Waals surface area contributed by atoms with Crippen molar-refractivity contribution in [3.05, 3.63) is 28.8 Å². The second-order valence-electron chi connectivity index (χ2n) is 5.11. The fourth-order valence-corrected chi connectivity index (χ4v) is 2.30. The largest absolute Gasteiger partial charge is 0.496 e. The Morgan fingerprint density at radius 3 is 2.53 bits per heavy atom. The van der Waals surface area contributed by atoms with Crippen molar-refractivity contribution in [2.75, 3.05) is 7.11 Å². The zero-order valence-electron chi connectivity index (χ0n) is 12.1. The Labute approximate surface area is 114 Å². The van der Waals surface area contributed by atoms with Crippen LogP contribution in [0.3, 0.4) is 0 Å². The number of rotatable bonds is 6. The molecule has 0 saturated carbocycles. The average molecular weight is 265 g/mol. The maximum absolute atomic E-state index is 10.7. The highest BCUT2D eigenvalue weighted by Gasteiger charge is 2.20. The summed E-state index contributed by atoms with van der Waals surface area (Å²) in [5.74, 6) is 0.276. The molecule has 0 fully saturated rings. The molecule has 4 nitrogen and oxygen atoms in total. The molecule has 1 aromatic carbocycles. The summed E-state index contributed by atoms with van der Waals surface area (Å²) in [6.45, 7) is 6.16. The van der Waals surface area contributed by atoms with E-state index in [1.165, 1.54) is 0 Å². The third-order valence-electron chi connectivity index (χ3n) is 3.29. The van der Waals surface area contributed by atoms with Crippen LogP contribution in [0.15, 0.2) is 12.1 Å². The van der Waals surface area contributed by atoms with Crippen LogP contribution in [0.1, 0.15) is 55.3 Å². The molecule has 106 valence electrons. The van der Waals surface area contributed by atoms with Gasteiger partial charge in [0.05, 0.1) is 7.11 Å². The highest BCUT2D eigenvalue weighted by molar-refractivity contribution is 5.66. The minimum atomic E-state index is -0.826. The highest BCUT2D eigenvalue weighted by Crippen LogP contribution is 2.36. The molecule has 0 spiro atoms. The van der Waals surface area contributed by atoms with E-state index in [1.807, 2.05) is 13.0 Å². The first kappa shape index (κ1) is 15.5. The summed E-state index contributed by atoms with van der Waals surface area (Å²) in [6, 6.07) is 3.75. The molecule has 19 heavy (non-hydrogen) atoms. The van der Waals surface area contributed by atoms with E-state index in [2.05, 4.69) is 19.9 Å². The maximum atomic E-state index is 10.7. The van der Waals surface area contributed by atoms with Gasteiger partial charge in [-0.3, -0.25) is 4.79 Å². The van der Waals surface area contributed by atoms with Crippen molar-refractivity contribution in [1.82, 2.24) is 0 Å². The van der Waals surface area contributed by atoms with Crippen molar-refractivity contribution in [3.63, 3.8) is 0 Å². The number of carboxylic acid groups (broad SMARTS) is 1. The van der Waals surface area contributed by atoms with Crippen LogP contribution in [-0.2, 0) is 4.79 Å². The van der Waals surface area contributed by atoms with Gasteiger partial charge in [0.25, 0.3) is 0 Å². The number of carboxylic acids is 1. The van der Waals surface area contributed by atoms with E-state index in [0.717, 1.165) is 22.4 Å². The predicted molar refractivity (Wildman–Crippen MR) is 75.6 cm³/mol. The Kier molecular flexibility index (Phi) is 5.36. The summed E-state index contributed by atoms with van der Waals surface area (Å²) in [6.07, 6.45) is 0.477. The van der Waals surface area contributed by atoms with E-state index < -0.39 is 5.97 Å². The van der Waals surface area contributed by atoms with Crippen LogP contribution < -0.4 is 10.5 Å². The molecule has 0 heterocycles. The normalized spacial score (nSPS) is 12.5. The molecule has 1 unspecified atom stereocenters. The zero-order chi connectivity index (χ0) is 14.6. The number of aliphatic carboxylic acids is 1. The van der Waals surface area contributed by atoms with Gasteiger partial charge < -0.3 is 15.6 Å². The summed E-state index contributed by atoms with van der Waals surface area (Å²) in [7, 11) is 1.62. The fourth-order valence-electron chi connectivity index (χ4n) is 2.30. The second kappa shape index (κ2) is 6.57. The van der Waals surface area contributed by atoms with Gasteiger partial charge in [0, 0.05) is 18.0 Å². The van der Waals surface area contributed by atoms with Crippen LogP contribution in [0.4, 0.5) is 0 Å². The number of carbonyl (C=O) groups is 1. The topological polar surface area (TPSA) is 72.5 Å². The number of benzene rings is 1. The molecule has 0 radical (unpaired) electrons. The molecule has 0 amide bonds. The van der Waals surface area contributed by atoms with Crippen molar-refractivity contribution in [2.24, 2.45) is 5.73 Å². The van der Waals surface area contributed by atoms with Gasteiger partial charge in [-0.1, -0.05) is 26.0 Å². The Bertz CT molecular complexity index is 455. The van der Waals surface area contributed by atoms with Crippen LogP contribution in [0, 0.1) is 6.92 Å². The maximum Gasteiger partial charge on any atom is 0.303 e. The van der Waals surface area contributed by atoms with Crippen LogP contribution in [0.5, 0.6) is 5.75 Å². The molecule has 0 aromatic heterocycles. The van der Waals surface area contributed by atoms with Gasteiger partial charge in [-0.05, 0) is 30.4 Å². The molecule has 0 aliphatic heterocycles. The van der Waals surface area contributed by atoms with Crippen LogP contribution in [0.25, 0.3) is 0 Å². The second-order valence-corrected chi connectivity index (χ2v) is 5.11. The minimum Gasteiger partial charge on any atom is -0.496 e. The van der Waals surface area contributed by atoms with Gasteiger partial charge in [0.1, 0.15) is 5.75 Å². The summed E-state index contributed by atoms with van der Waals surface area (Å²) < 4.78 is 5.47. The first-order valence-corrected chi connectivity index (χ1v) is 6.53. The number of ether oxygens (including phenoxy) is 1. The first-order chi connectivity index (χ1) is 8.88. The van der Waals surface area contributed by atoms with Crippen molar-refractivity contribution >= 4 is 5.97 Å². The van der Waals surface area contributed by atoms with E-state index in [1.54, 1.807) is 7.11 Å². The van der Waals surface area contributed by atoms with E-state index in [0.29, 0.717) is 12.3 Å². The van der Waals surface area contributed by atoms with Crippen LogP contribution >= 0.6 is 0 Å². The van der Waals surface area contributed by atoms with E-state index in [4.69, 9.17) is 15.6 Å². The molecule has 0 aliphatic rings. The number of hydrogen-bond acceptors (Lipinski definition) is 3. The Morgan fingerprint density at radius 2 is 2.05 bits per heavy atom. The van der Waals surface area contributed by atoms with Crippen molar-refractivity contribution in [2.45, 2.75) is 45.6 Å². The standard InChI is InChI=1S/C15H23NO3/c1-9(2)11-6-5-10(3)15(19-4)14(11)12(16)7-8-13(17)18/h5-6,9,12H,7-8,16H2,1-4H3,(H,17,18). The molecule has 0 saturated heterocycles. The summed E-state index contributed by atoms with van der Waals surface area (Å²) in [4.78, 5) is 10.7. The number of nitrogens with two attached hydrogens (primary N) is 1. The predicted octanol–water partition coefficient (Wildman–Crippen LogP) is 2.99. The summed E-state index contributed by atoms with van der Waals surface area (Å²) >= 11 is 0. The Balaban J connectivity index is 3.20. The van der Waals surface area contributed by atoms with Gasteiger partial charge in [-0.2, -0.15) is 0 Å². The lowest BCUT2D eigenvalue weighted by Crippen LogP contribution is -2.16. The third-order valence-corrected chi connectivity index (χ3v) is 3.29. The van der Waals surface area contributed by atoms with E-state index >= 15 is 0 Å². The van der Waals surface area contributed by atoms with E-state index in [9.17, 15) is 4.79 Å². The van der Waals surface area contributed by atoms with Gasteiger partial charge in [0.2, 0.25) is 0 Å². The lowest BCUT2D eigenvalue weighted by molar-refractivity contribution is -0.137. The smallest absolute Gasteiger partial charge is 0.303 e. The number of hydrogen-bond donors (Lipinski definition) is 2. The average Bonchev–Trinajstić information content (AvgIpc) is 2.34.